The van der Waals surface area contributed by atoms with Gasteiger partial charge in [0.05, 0.1) is 24.0 Å². The maximum Gasteiger partial charge on any atom is 0.138 e. The van der Waals surface area contributed by atoms with Gasteiger partial charge in [0.25, 0.3) is 0 Å². The molecule has 0 atom stereocenters. The zero-order valence-corrected chi connectivity index (χ0v) is 17.5. The van der Waals surface area contributed by atoms with Gasteiger partial charge in [0.1, 0.15) is 28.4 Å². The lowest BCUT2D eigenvalue weighted by Crippen LogP contribution is -1.88. The van der Waals surface area contributed by atoms with Crippen LogP contribution in [0.15, 0.2) is 73.2 Å². The van der Waals surface area contributed by atoms with Crippen LogP contribution in [0.4, 0.5) is 4.39 Å². The highest BCUT2D eigenvalue weighted by Crippen LogP contribution is 2.34. The summed E-state index contributed by atoms with van der Waals surface area (Å²) in [5, 5.41) is 8.39. The number of aromatic nitrogens is 6. The molecular weight excluding hydrogens is 419 g/mol. The first-order valence-corrected chi connectivity index (χ1v) is 10.3. The molecule has 0 unspecified atom stereocenters. The first-order chi connectivity index (χ1) is 16.2. The molecule has 0 aliphatic heterocycles. The van der Waals surface area contributed by atoms with E-state index in [0.29, 0.717) is 22.7 Å². The Bertz CT molecular complexity index is 1620. The van der Waals surface area contributed by atoms with E-state index in [9.17, 15) is 4.39 Å². The van der Waals surface area contributed by atoms with E-state index in [2.05, 4.69) is 25.1 Å². The Morgan fingerprint density at radius 3 is 2.76 bits per heavy atom. The average molecular weight is 436 g/mol. The maximum absolute atomic E-state index is 14.2. The van der Waals surface area contributed by atoms with Crippen LogP contribution >= 0.6 is 0 Å². The Labute approximate surface area is 187 Å². The molecule has 0 fully saturated rings. The number of fused-ring (bicyclic) bond motifs is 2. The number of aromatic amines is 2. The van der Waals surface area contributed by atoms with E-state index in [0.717, 1.165) is 38.9 Å². The Kier molecular flexibility index (Phi) is 4.36. The van der Waals surface area contributed by atoms with Crippen LogP contribution < -0.4 is 4.74 Å². The molecule has 6 rings (SSSR count). The molecule has 1 aromatic carbocycles. The molecule has 0 saturated carbocycles. The summed E-state index contributed by atoms with van der Waals surface area (Å²) in [6.07, 6.45) is 5.20. The van der Waals surface area contributed by atoms with Gasteiger partial charge in [-0.1, -0.05) is 0 Å². The third-order valence-corrected chi connectivity index (χ3v) is 5.57. The van der Waals surface area contributed by atoms with E-state index in [1.165, 1.54) is 19.2 Å². The van der Waals surface area contributed by atoms with Crippen LogP contribution in [0.2, 0.25) is 0 Å². The fourth-order valence-corrected chi connectivity index (χ4v) is 4.00. The van der Waals surface area contributed by atoms with E-state index in [1.54, 1.807) is 24.7 Å². The van der Waals surface area contributed by atoms with Crippen molar-refractivity contribution in [3.63, 3.8) is 0 Å². The fraction of sp³-hybridized carbons (Fsp3) is 0.0400. The van der Waals surface area contributed by atoms with Crippen LogP contribution in [-0.2, 0) is 0 Å². The number of nitrogens with zero attached hydrogens (tertiary/aromatic N) is 4. The van der Waals surface area contributed by atoms with Crippen molar-refractivity contribution in [1.82, 2.24) is 30.1 Å². The van der Waals surface area contributed by atoms with Crippen molar-refractivity contribution < 1.29 is 9.13 Å². The summed E-state index contributed by atoms with van der Waals surface area (Å²) in [6, 6.07) is 16.2. The van der Waals surface area contributed by atoms with Gasteiger partial charge in [-0.25, -0.2) is 14.4 Å². The lowest BCUT2D eigenvalue weighted by molar-refractivity contribution is 0.411. The van der Waals surface area contributed by atoms with Crippen molar-refractivity contribution >= 4 is 22.1 Å². The highest BCUT2D eigenvalue weighted by molar-refractivity contribution is 5.99. The van der Waals surface area contributed by atoms with E-state index in [1.807, 2.05) is 36.4 Å². The monoisotopic (exact) mass is 436 g/mol. The van der Waals surface area contributed by atoms with Gasteiger partial charge >= 0.3 is 0 Å². The molecule has 0 bridgehead atoms. The number of ether oxygens (including phenoxy) is 1. The number of benzene rings is 1. The Hall–Kier alpha value is -4.59. The summed E-state index contributed by atoms with van der Waals surface area (Å²) < 4.78 is 19.4. The number of H-pyrrole nitrogens is 2. The Morgan fingerprint density at radius 2 is 1.91 bits per heavy atom. The van der Waals surface area contributed by atoms with Crippen molar-refractivity contribution in [3.05, 3.63) is 79.0 Å². The highest BCUT2D eigenvalue weighted by atomic mass is 19.1. The molecule has 7 nitrogen and oxygen atoms in total. The number of hydrogen-bond donors (Lipinski definition) is 2. The average Bonchev–Trinajstić information content (AvgIpc) is 3.47. The van der Waals surface area contributed by atoms with Crippen LogP contribution in [0.5, 0.6) is 5.75 Å². The Morgan fingerprint density at radius 1 is 0.970 bits per heavy atom. The van der Waals surface area contributed by atoms with Crippen LogP contribution in [0.3, 0.4) is 0 Å². The van der Waals surface area contributed by atoms with Gasteiger partial charge in [0.2, 0.25) is 0 Å². The molecule has 0 aliphatic carbocycles. The van der Waals surface area contributed by atoms with Gasteiger partial charge in [-0.05, 0) is 59.7 Å². The fourth-order valence-electron chi connectivity index (χ4n) is 4.00. The van der Waals surface area contributed by atoms with Gasteiger partial charge in [-0.3, -0.25) is 10.1 Å². The second-order valence-electron chi connectivity index (χ2n) is 7.59. The standard InChI is InChI=1S/C25H17FN6O/c1-33-17-10-15(9-16(26)11-17)18-6-8-28-25-19(18)12-22(30-25)24-23-21(31-32-24)5-4-20(29-23)14-3-2-7-27-13-14/h2-13H,1H3,(H,28,30)(H,31,32). The maximum atomic E-state index is 14.2. The minimum absolute atomic E-state index is 0.365. The van der Waals surface area contributed by atoms with Crippen LogP contribution in [0.1, 0.15) is 0 Å². The SMILES string of the molecule is COc1cc(F)cc(-c2ccnc3[nH]c(-c4n[nH]c5ccc(-c6cccnc6)nc45)cc23)c1. The second-order valence-corrected chi connectivity index (χ2v) is 7.59. The summed E-state index contributed by atoms with van der Waals surface area (Å²) in [6.45, 7) is 0. The minimum atomic E-state index is -0.365. The zero-order chi connectivity index (χ0) is 22.4. The molecule has 8 heteroatoms. The van der Waals surface area contributed by atoms with Crippen molar-refractivity contribution in [3.8, 4) is 39.5 Å². The topological polar surface area (TPSA) is 92.4 Å². The van der Waals surface area contributed by atoms with Crippen molar-refractivity contribution in [2.24, 2.45) is 0 Å². The van der Waals surface area contributed by atoms with Gasteiger partial charge in [0.15, 0.2) is 0 Å². The summed E-state index contributed by atoms with van der Waals surface area (Å²) >= 11 is 0. The van der Waals surface area contributed by atoms with Crippen LogP contribution in [0, 0.1) is 5.82 Å². The number of halogens is 1. The summed E-state index contributed by atoms with van der Waals surface area (Å²) in [5.74, 6) is 0.0895. The normalized spacial score (nSPS) is 11.3. The quantitative estimate of drug-likeness (QED) is 0.387. The van der Waals surface area contributed by atoms with Gasteiger partial charge in [0, 0.05) is 35.6 Å². The first kappa shape index (κ1) is 19.1. The number of rotatable bonds is 4. The predicted octanol–water partition coefficient (Wildman–Crippen LogP) is 5.38. The molecule has 6 aromatic rings. The molecule has 0 aliphatic rings. The van der Waals surface area contributed by atoms with Gasteiger partial charge in [-0.2, -0.15) is 5.10 Å². The Balaban J connectivity index is 1.50. The lowest BCUT2D eigenvalue weighted by atomic mass is 10.0. The van der Waals surface area contributed by atoms with E-state index in [4.69, 9.17) is 9.72 Å². The second kappa shape index (κ2) is 7.52. The van der Waals surface area contributed by atoms with Crippen molar-refractivity contribution in [1.29, 1.82) is 0 Å². The largest absolute Gasteiger partial charge is 0.497 e. The number of pyridine rings is 3. The minimum Gasteiger partial charge on any atom is -0.497 e. The molecule has 5 aromatic heterocycles. The summed E-state index contributed by atoms with van der Waals surface area (Å²) in [7, 11) is 1.52. The lowest BCUT2D eigenvalue weighted by Gasteiger charge is -2.06. The van der Waals surface area contributed by atoms with Crippen molar-refractivity contribution in [2.45, 2.75) is 0 Å². The first-order valence-electron chi connectivity index (χ1n) is 10.3. The molecule has 0 saturated heterocycles. The molecule has 160 valence electrons. The molecular formula is C25H17FN6O. The number of methoxy groups -OCH3 is 1. The smallest absolute Gasteiger partial charge is 0.138 e. The van der Waals surface area contributed by atoms with E-state index >= 15 is 0 Å². The van der Waals surface area contributed by atoms with Gasteiger partial charge in [-0.15, -0.1) is 0 Å². The number of hydrogen-bond acceptors (Lipinski definition) is 5. The third kappa shape index (κ3) is 3.28. The molecule has 0 amide bonds. The van der Waals surface area contributed by atoms with Gasteiger partial charge < -0.3 is 9.72 Å². The highest BCUT2D eigenvalue weighted by Gasteiger charge is 2.16. The summed E-state index contributed by atoms with van der Waals surface area (Å²) in [4.78, 5) is 16.8. The third-order valence-electron chi connectivity index (χ3n) is 5.57. The summed E-state index contributed by atoms with van der Waals surface area (Å²) in [5.41, 5.74) is 6.93. The van der Waals surface area contributed by atoms with Crippen molar-refractivity contribution in [2.75, 3.05) is 7.11 Å². The van der Waals surface area contributed by atoms with E-state index < -0.39 is 0 Å². The predicted molar refractivity (Wildman–Crippen MR) is 124 cm³/mol. The molecule has 0 spiro atoms. The number of nitrogens with one attached hydrogen (secondary N) is 2. The van der Waals surface area contributed by atoms with Crippen LogP contribution in [-0.4, -0.2) is 37.2 Å². The molecule has 33 heavy (non-hydrogen) atoms. The molecule has 2 N–H and O–H groups in total. The van der Waals surface area contributed by atoms with Crippen LogP contribution in [0.25, 0.3) is 55.8 Å². The van der Waals surface area contributed by atoms with E-state index in [-0.39, 0.29) is 5.82 Å². The molecule has 5 heterocycles. The molecule has 0 radical (unpaired) electrons. The zero-order valence-electron chi connectivity index (χ0n) is 17.5.